The second-order valence-corrected chi connectivity index (χ2v) is 8.98. The first-order chi connectivity index (χ1) is 16.2. The summed E-state index contributed by atoms with van der Waals surface area (Å²) in [6, 6.07) is 7.54. The van der Waals surface area contributed by atoms with Gasteiger partial charge in [0.1, 0.15) is 11.3 Å². The highest BCUT2D eigenvalue weighted by Gasteiger charge is 2.43. The number of ether oxygens (including phenoxy) is 3. The van der Waals surface area contributed by atoms with Gasteiger partial charge in [-0.1, -0.05) is 29.3 Å². The van der Waals surface area contributed by atoms with Crippen LogP contribution >= 0.6 is 11.6 Å². The van der Waals surface area contributed by atoms with Crippen molar-refractivity contribution in [3.8, 4) is 0 Å². The molecular weight excluding hydrogens is 456 g/mol. The summed E-state index contributed by atoms with van der Waals surface area (Å²) in [5.74, 6) is -1.79. The normalized spacial score (nSPS) is 20.0. The second-order valence-electron chi connectivity index (χ2n) is 8.59. The number of carbonyl (C=O) groups is 2. The third-order valence-corrected chi connectivity index (χ3v) is 6.43. The molecule has 0 saturated carbocycles. The molecule has 0 aliphatic carbocycles. The molecule has 2 aliphatic rings. The fraction of sp³-hybridized carbons (Fsp3) is 0.346. The SMILES string of the molecule is COCC1=C(C(=O)OC)C(c2ccnc(Cl)c2)C2=C(CC(c3c(C)cc(C)cc3C)OC2=O)N1. The number of methoxy groups -OCH3 is 2. The molecule has 178 valence electrons. The lowest BCUT2D eigenvalue weighted by Gasteiger charge is -2.37. The molecule has 1 N–H and O–H groups in total. The van der Waals surface area contributed by atoms with E-state index in [0.29, 0.717) is 29.0 Å². The van der Waals surface area contributed by atoms with Gasteiger partial charge >= 0.3 is 11.9 Å². The Morgan fingerprint density at radius 3 is 2.53 bits per heavy atom. The van der Waals surface area contributed by atoms with E-state index in [9.17, 15) is 9.59 Å². The summed E-state index contributed by atoms with van der Waals surface area (Å²) in [5.41, 5.74) is 6.79. The highest BCUT2D eigenvalue weighted by atomic mass is 35.5. The highest BCUT2D eigenvalue weighted by molar-refractivity contribution is 6.29. The lowest BCUT2D eigenvalue weighted by molar-refractivity contribution is -0.146. The fourth-order valence-corrected chi connectivity index (χ4v) is 5.21. The van der Waals surface area contributed by atoms with Crippen LogP contribution < -0.4 is 5.32 Å². The average molecular weight is 483 g/mol. The molecule has 0 saturated heterocycles. The fourth-order valence-electron chi connectivity index (χ4n) is 5.03. The molecule has 0 bridgehead atoms. The maximum Gasteiger partial charge on any atom is 0.337 e. The predicted molar refractivity (Wildman–Crippen MR) is 127 cm³/mol. The van der Waals surface area contributed by atoms with Gasteiger partial charge in [0.2, 0.25) is 0 Å². The van der Waals surface area contributed by atoms with Crippen LogP contribution in [0.5, 0.6) is 0 Å². The van der Waals surface area contributed by atoms with Crippen molar-refractivity contribution < 1.29 is 23.8 Å². The number of pyridine rings is 1. The van der Waals surface area contributed by atoms with Gasteiger partial charge in [0, 0.05) is 25.4 Å². The van der Waals surface area contributed by atoms with Gasteiger partial charge in [-0.2, -0.15) is 0 Å². The van der Waals surface area contributed by atoms with Crippen LogP contribution in [0.1, 0.15) is 46.3 Å². The molecule has 8 heteroatoms. The minimum absolute atomic E-state index is 0.138. The van der Waals surface area contributed by atoms with Crippen LogP contribution in [0.4, 0.5) is 0 Å². The number of halogens is 1. The van der Waals surface area contributed by atoms with Gasteiger partial charge < -0.3 is 19.5 Å². The largest absolute Gasteiger partial charge is 0.466 e. The maximum atomic E-state index is 13.5. The highest BCUT2D eigenvalue weighted by Crippen LogP contribution is 2.45. The summed E-state index contributed by atoms with van der Waals surface area (Å²) in [4.78, 5) is 30.5. The van der Waals surface area contributed by atoms with E-state index in [0.717, 1.165) is 22.3 Å². The number of nitrogens with one attached hydrogen (secondary N) is 1. The first kappa shape index (κ1) is 24.0. The number of dihydropyridines is 1. The van der Waals surface area contributed by atoms with E-state index in [1.165, 1.54) is 7.11 Å². The van der Waals surface area contributed by atoms with E-state index in [2.05, 4.69) is 22.4 Å². The van der Waals surface area contributed by atoms with Crippen LogP contribution in [0.25, 0.3) is 0 Å². The number of nitrogens with zero attached hydrogens (tertiary/aromatic N) is 1. The molecular formula is C26H27ClN2O5. The summed E-state index contributed by atoms with van der Waals surface area (Å²) in [6.45, 7) is 6.23. The van der Waals surface area contributed by atoms with Crippen LogP contribution in [0.2, 0.25) is 5.15 Å². The minimum atomic E-state index is -0.733. The van der Waals surface area contributed by atoms with Crippen molar-refractivity contribution in [2.75, 3.05) is 20.8 Å². The Labute approximate surface area is 203 Å². The van der Waals surface area contributed by atoms with Crippen LogP contribution in [0, 0.1) is 20.8 Å². The third kappa shape index (κ3) is 4.33. The Balaban J connectivity index is 1.87. The molecule has 0 radical (unpaired) electrons. The Hall–Kier alpha value is -3.16. The average Bonchev–Trinajstić information content (AvgIpc) is 2.77. The summed E-state index contributed by atoms with van der Waals surface area (Å²) in [5, 5.41) is 3.55. The molecule has 4 rings (SSSR count). The maximum absolute atomic E-state index is 13.5. The second kappa shape index (κ2) is 9.60. The van der Waals surface area contributed by atoms with Crippen LogP contribution in [-0.4, -0.2) is 37.7 Å². The van der Waals surface area contributed by atoms with Crippen LogP contribution in [0.3, 0.4) is 0 Å². The van der Waals surface area contributed by atoms with Crippen molar-refractivity contribution in [3.05, 3.63) is 86.0 Å². The number of aromatic nitrogens is 1. The van der Waals surface area contributed by atoms with E-state index in [-0.39, 0.29) is 17.3 Å². The number of cyclic esters (lactones) is 1. The monoisotopic (exact) mass is 482 g/mol. The van der Waals surface area contributed by atoms with Crippen molar-refractivity contribution in [2.24, 2.45) is 0 Å². The lowest BCUT2D eigenvalue weighted by Crippen LogP contribution is -2.38. The lowest BCUT2D eigenvalue weighted by atomic mass is 9.78. The van der Waals surface area contributed by atoms with Crippen LogP contribution in [-0.2, 0) is 23.8 Å². The molecule has 1 aromatic carbocycles. The molecule has 0 spiro atoms. The zero-order valence-corrected chi connectivity index (χ0v) is 20.6. The standard InChI is InChI=1S/C26H27ClN2O5/c1-13-8-14(2)21(15(3)9-13)19-11-17-23(26(31)34-19)22(16-6-7-28-20(27)10-16)24(25(30)33-5)18(29-17)12-32-4/h6-10,19,22,29H,11-12H2,1-5H3. The zero-order valence-electron chi connectivity index (χ0n) is 19.8. The van der Waals surface area contributed by atoms with Crippen molar-refractivity contribution in [1.29, 1.82) is 0 Å². The van der Waals surface area contributed by atoms with Gasteiger partial charge in [-0.05, 0) is 55.2 Å². The number of hydrogen-bond donors (Lipinski definition) is 1. The molecule has 2 aliphatic heterocycles. The third-order valence-electron chi connectivity index (χ3n) is 6.23. The molecule has 7 nitrogen and oxygen atoms in total. The first-order valence-corrected chi connectivity index (χ1v) is 11.3. The van der Waals surface area contributed by atoms with E-state index < -0.39 is 24.0 Å². The molecule has 3 heterocycles. The van der Waals surface area contributed by atoms with Gasteiger partial charge in [0.15, 0.2) is 0 Å². The number of carbonyl (C=O) groups excluding carboxylic acids is 2. The minimum Gasteiger partial charge on any atom is -0.466 e. The first-order valence-electron chi connectivity index (χ1n) is 11.0. The smallest absolute Gasteiger partial charge is 0.337 e. The quantitative estimate of drug-likeness (QED) is 0.500. The Morgan fingerprint density at radius 1 is 1.21 bits per heavy atom. The molecule has 1 aromatic heterocycles. The van der Waals surface area contributed by atoms with Gasteiger partial charge in [0.05, 0.1) is 36.5 Å². The molecule has 2 aromatic rings. The molecule has 2 atom stereocenters. The predicted octanol–water partition coefficient (Wildman–Crippen LogP) is 4.36. The summed E-state index contributed by atoms with van der Waals surface area (Å²) in [7, 11) is 2.85. The number of benzene rings is 1. The zero-order chi connectivity index (χ0) is 24.6. The topological polar surface area (TPSA) is 86.8 Å². The number of aryl methyl sites for hydroxylation is 3. The summed E-state index contributed by atoms with van der Waals surface area (Å²) in [6.07, 6.45) is 1.52. The van der Waals surface area contributed by atoms with Gasteiger partial charge in [-0.3, -0.25) is 0 Å². The van der Waals surface area contributed by atoms with Crippen molar-refractivity contribution >= 4 is 23.5 Å². The molecule has 34 heavy (non-hydrogen) atoms. The summed E-state index contributed by atoms with van der Waals surface area (Å²) >= 11 is 6.17. The Bertz CT molecular complexity index is 1210. The molecule has 0 fully saturated rings. The van der Waals surface area contributed by atoms with E-state index in [1.54, 1.807) is 25.4 Å². The van der Waals surface area contributed by atoms with E-state index >= 15 is 0 Å². The molecule has 2 unspecified atom stereocenters. The van der Waals surface area contributed by atoms with Crippen molar-refractivity contribution in [1.82, 2.24) is 10.3 Å². The number of rotatable bonds is 5. The van der Waals surface area contributed by atoms with Gasteiger partial charge in [-0.15, -0.1) is 0 Å². The van der Waals surface area contributed by atoms with Crippen molar-refractivity contribution in [2.45, 2.75) is 39.2 Å². The number of esters is 2. The van der Waals surface area contributed by atoms with Gasteiger partial charge in [0.25, 0.3) is 0 Å². The van der Waals surface area contributed by atoms with Crippen LogP contribution in [0.15, 0.2) is 53.0 Å². The molecule has 0 amide bonds. The summed E-state index contributed by atoms with van der Waals surface area (Å²) < 4.78 is 16.4. The van der Waals surface area contributed by atoms with E-state index in [4.69, 9.17) is 25.8 Å². The Morgan fingerprint density at radius 2 is 1.91 bits per heavy atom. The Kier molecular flexibility index (Phi) is 6.77. The van der Waals surface area contributed by atoms with Gasteiger partial charge in [-0.25, -0.2) is 14.6 Å². The number of hydrogen-bond acceptors (Lipinski definition) is 7. The van der Waals surface area contributed by atoms with Crippen molar-refractivity contribution in [3.63, 3.8) is 0 Å². The van der Waals surface area contributed by atoms with E-state index in [1.807, 2.05) is 20.8 Å².